The summed E-state index contributed by atoms with van der Waals surface area (Å²) in [6, 6.07) is 7.71. The molecule has 2 heteroatoms. The molecule has 1 aromatic carbocycles. The molecule has 0 aliphatic carbocycles. The van der Waals surface area contributed by atoms with Crippen LogP contribution in [-0.4, -0.2) is 5.11 Å². The summed E-state index contributed by atoms with van der Waals surface area (Å²) in [5.41, 5.74) is 1.80. The van der Waals surface area contributed by atoms with Gasteiger partial charge in [0.1, 0.15) is 11.3 Å². The van der Waals surface area contributed by atoms with Gasteiger partial charge < -0.3 is 9.52 Å². The van der Waals surface area contributed by atoms with Crippen LogP contribution >= 0.6 is 0 Å². The first kappa shape index (κ1) is 11.8. The molecule has 1 aromatic heterocycles. The molecule has 2 rings (SSSR count). The van der Waals surface area contributed by atoms with Gasteiger partial charge in [-0.2, -0.15) is 0 Å². The van der Waals surface area contributed by atoms with E-state index in [1.807, 2.05) is 45.0 Å². The smallest absolute Gasteiger partial charge is 0.134 e. The summed E-state index contributed by atoms with van der Waals surface area (Å²) in [6.45, 7) is 7.68. The van der Waals surface area contributed by atoms with Crippen molar-refractivity contribution >= 4 is 11.0 Å². The Morgan fingerprint density at radius 3 is 2.47 bits per heavy atom. The highest BCUT2D eigenvalue weighted by Gasteiger charge is 2.04. The lowest BCUT2D eigenvalue weighted by Crippen LogP contribution is -1.88. The number of hydrogen-bond donors (Lipinski definition) is 1. The summed E-state index contributed by atoms with van der Waals surface area (Å²) < 4.78 is 5.42. The minimum absolute atomic E-state index is 0.417. The lowest BCUT2D eigenvalue weighted by atomic mass is 10.1. The van der Waals surface area contributed by atoms with E-state index >= 15 is 0 Å². The molecule has 0 saturated carbocycles. The molecule has 0 bridgehead atoms. The lowest BCUT2D eigenvalue weighted by Gasteiger charge is -2.02. The maximum Gasteiger partial charge on any atom is 0.134 e. The molecule has 15 heavy (non-hydrogen) atoms. The van der Waals surface area contributed by atoms with Gasteiger partial charge in [-0.25, -0.2) is 0 Å². The molecule has 1 atom stereocenters. The number of hydrogen-bond acceptors (Lipinski definition) is 2. The van der Waals surface area contributed by atoms with Crippen LogP contribution in [-0.2, 0) is 0 Å². The van der Waals surface area contributed by atoms with Gasteiger partial charge in [0.2, 0.25) is 0 Å². The molecular formula is C13H18O2. The molecule has 0 fully saturated rings. The first-order chi connectivity index (χ1) is 7.16. The normalized spacial score (nSPS) is 12.1. The fourth-order valence-corrected chi connectivity index (χ4v) is 1.45. The zero-order valence-electron chi connectivity index (χ0n) is 9.74. The zero-order valence-corrected chi connectivity index (χ0v) is 9.74. The highest BCUT2D eigenvalue weighted by molar-refractivity contribution is 5.78. The van der Waals surface area contributed by atoms with Gasteiger partial charge in [-0.15, -0.1) is 0 Å². The second kappa shape index (κ2) is 4.99. The van der Waals surface area contributed by atoms with Gasteiger partial charge in [0.05, 0.1) is 6.10 Å². The Labute approximate surface area is 90.5 Å². The third kappa shape index (κ3) is 2.60. The van der Waals surface area contributed by atoms with Crippen LogP contribution in [0.5, 0.6) is 0 Å². The Hall–Kier alpha value is -1.28. The van der Waals surface area contributed by atoms with Crippen LogP contribution in [0, 0.1) is 6.92 Å². The number of aryl methyl sites for hydroxylation is 1. The first-order valence-corrected chi connectivity index (χ1v) is 5.35. The summed E-state index contributed by atoms with van der Waals surface area (Å²) in [7, 11) is 0. The number of rotatable bonds is 1. The predicted molar refractivity (Wildman–Crippen MR) is 62.9 cm³/mol. The molecule has 0 spiro atoms. The molecule has 0 saturated heterocycles. The average molecular weight is 206 g/mol. The maximum atomic E-state index is 9.36. The quantitative estimate of drug-likeness (QED) is 0.769. The van der Waals surface area contributed by atoms with Crippen LogP contribution in [0.2, 0.25) is 0 Å². The molecule has 82 valence electrons. The lowest BCUT2D eigenvalue weighted by molar-refractivity contribution is 0.199. The van der Waals surface area contributed by atoms with Gasteiger partial charge in [-0.1, -0.05) is 19.9 Å². The van der Waals surface area contributed by atoms with E-state index in [1.165, 1.54) is 0 Å². The van der Waals surface area contributed by atoms with E-state index in [-0.39, 0.29) is 0 Å². The summed E-state index contributed by atoms with van der Waals surface area (Å²) >= 11 is 0. The van der Waals surface area contributed by atoms with Gasteiger partial charge in [0.15, 0.2) is 0 Å². The minimum atomic E-state index is -0.417. The highest BCUT2D eigenvalue weighted by atomic mass is 16.3. The number of fused-ring (bicyclic) bond motifs is 1. The molecule has 1 heterocycles. The Bertz CT molecular complexity index is 427. The molecule has 0 aliphatic rings. The third-order valence-corrected chi connectivity index (χ3v) is 2.15. The van der Waals surface area contributed by atoms with Crippen LogP contribution in [0.1, 0.15) is 38.2 Å². The van der Waals surface area contributed by atoms with Crippen LogP contribution in [0.3, 0.4) is 0 Å². The predicted octanol–water partition coefficient (Wildman–Crippen LogP) is 3.82. The van der Waals surface area contributed by atoms with Gasteiger partial charge in [0, 0.05) is 5.39 Å². The van der Waals surface area contributed by atoms with Crippen LogP contribution in [0.25, 0.3) is 11.0 Å². The Morgan fingerprint density at radius 2 is 1.87 bits per heavy atom. The van der Waals surface area contributed by atoms with Gasteiger partial charge >= 0.3 is 0 Å². The van der Waals surface area contributed by atoms with Crippen molar-refractivity contribution in [3.8, 4) is 0 Å². The van der Waals surface area contributed by atoms with Crippen molar-refractivity contribution in [3.63, 3.8) is 0 Å². The second-order valence-corrected chi connectivity index (χ2v) is 3.33. The number of aliphatic hydroxyl groups excluding tert-OH is 1. The van der Waals surface area contributed by atoms with Crippen molar-refractivity contribution in [1.82, 2.24) is 0 Å². The van der Waals surface area contributed by atoms with Crippen LogP contribution in [0.15, 0.2) is 28.7 Å². The first-order valence-electron chi connectivity index (χ1n) is 5.35. The van der Waals surface area contributed by atoms with E-state index in [0.29, 0.717) is 0 Å². The molecule has 2 aromatic rings. The molecular weight excluding hydrogens is 188 g/mol. The Balaban J connectivity index is 0.000000531. The Morgan fingerprint density at radius 1 is 1.20 bits per heavy atom. The van der Waals surface area contributed by atoms with E-state index in [9.17, 15) is 5.11 Å². The standard InChI is InChI=1S/C11H12O2.C2H6/c1-7-5-10-6-9(8(2)12)3-4-11(10)13-7;1-2/h3-6,8,12H,1-2H3;1-2H3. The van der Waals surface area contributed by atoms with Crippen molar-refractivity contribution in [3.05, 3.63) is 35.6 Å². The molecule has 1 unspecified atom stereocenters. The largest absolute Gasteiger partial charge is 0.461 e. The fraction of sp³-hybridized carbons (Fsp3) is 0.385. The van der Waals surface area contributed by atoms with Crippen LogP contribution < -0.4 is 0 Å². The number of furan rings is 1. The van der Waals surface area contributed by atoms with E-state index in [1.54, 1.807) is 6.92 Å². The molecule has 2 nitrogen and oxygen atoms in total. The summed E-state index contributed by atoms with van der Waals surface area (Å²) in [5, 5.41) is 10.4. The molecule has 1 N–H and O–H groups in total. The zero-order chi connectivity index (χ0) is 11.4. The topological polar surface area (TPSA) is 33.4 Å². The van der Waals surface area contributed by atoms with Crippen LogP contribution in [0.4, 0.5) is 0 Å². The second-order valence-electron chi connectivity index (χ2n) is 3.33. The van der Waals surface area contributed by atoms with Gasteiger partial charge in [-0.3, -0.25) is 0 Å². The van der Waals surface area contributed by atoms with E-state index in [4.69, 9.17) is 4.42 Å². The summed E-state index contributed by atoms with van der Waals surface area (Å²) in [5.74, 6) is 0.901. The molecule has 0 amide bonds. The summed E-state index contributed by atoms with van der Waals surface area (Å²) in [4.78, 5) is 0. The Kier molecular flexibility index (Phi) is 3.92. The maximum absolute atomic E-state index is 9.36. The van der Waals surface area contributed by atoms with Crippen molar-refractivity contribution in [2.45, 2.75) is 33.8 Å². The fourth-order valence-electron chi connectivity index (χ4n) is 1.45. The highest BCUT2D eigenvalue weighted by Crippen LogP contribution is 2.22. The molecule has 0 aliphatic heterocycles. The van der Waals surface area contributed by atoms with Crippen molar-refractivity contribution in [2.24, 2.45) is 0 Å². The molecule has 0 radical (unpaired) electrons. The van der Waals surface area contributed by atoms with Crippen molar-refractivity contribution in [1.29, 1.82) is 0 Å². The number of benzene rings is 1. The van der Waals surface area contributed by atoms with Crippen molar-refractivity contribution in [2.75, 3.05) is 0 Å². The van der Waals surface area contributed by atoms with E-state index in [2.05, 4.69) is 0 Å². The van der Waals surface area contributed by atoms with Gasteiger partial charge in [-0.05, 0) is 37.6 Å². The SMILES string of the molecule is CC.Cc1cc2cc(C(C)O)ccc2o1. The average Bonchev–Trinajstić information content (AvgIpc) is 2.59. The van der Waals surface area contributed by atoms with E-state index in [0.717, 1.165) is 22.3 Å². The third-order valence-electron chi connectivity index (χ3n) is 2.15. The monoisotopic (exact) mass is 206 g/mol. The minimum Gasteiger partial charge on any atom is -0.461 e. The number of aliphatic hydroxyl groups is 1. The van der Waals surface area contributed by atoms with Gasteiger partial charge in [0.25, 0.3) is 0 Å². The van der Waals surface area contributed by atoms with E-state index < -0.39 is 6.10 Å². The summed E-state index contributed by atoms with van der Waals surface area (Å²) in [6.07, 6.45) is -0.417. The van der Waals surface area contributed by atoms with Crippen molar-refractivity contribution < 1.29 is 9.52 Å².